The normalized spacial score (nSPS) is 11.7. The van der Waals surface area contributed by atoms with E-state index in [0.717, 1.165) is 0 Å². The minimum absolute atomic E-state index is 0.00523. The van der Waals surface area contributed by atoms with Crippen molar-refractivity contribution < 1.29 is 14.2 Å². The third-order valence-corrected chi connectivity index (χ3v) is 4.97. The van der Waals surface area contributed by atoms with Crippen molar-refractivity contribution in [2.24, 2.45) is 10.8 Å². The summed E-state index contributed by atoms with van der Waals surface area (Å²) in [6.07, 6.45) is 1.47. The molecule has 0 saturated carbocycles. The van der Waals surface area contributed by atoms with Crippen LogP contribution < -0.4 is 21.6 Å². The predicted octanol–water partition coefficient (Wildman–Crippen LogP) is 0.557. The zero-order valence-corrected chi connectivity index (χ0v) is 18.4. The summed E-state index contributed by atoms with van der Waals surface area (Å²) in [5.41, 5.74) is 15.3. The summed E-state index contributed by atoms with van der Waals surface area (Å²) in [5, 5.41) is 20.9. The third-order valence-electron chi connectivity index (χ3n) is 4.12. The van der Waals surface area contributed by atoms with Crippen LogP contribution in [-0.2, 0) is 5.75 Å². The van der Waals surface area contributed by atoms with Gasteiger partial charge >= 0.3 is 0 Å². The van der Waals surface area contributed by atoms with Gasteiger partial charge in [0, 0.05) is 30.8 Å². The molecule has 1 amide bonds. The lowest BCUT2D eigenvalue weighted by Crippen LogP contribution is -2.20. The van der Waals surface area contributed by atoms with Crippen molar-refractivity contribution in [3.63, 3.8) is 0 Å². The fourth-order valence-electron chi connectivity index (χ4n) is 2.41. The highest BCUT2D eigenvalue weighted by Gasteiger charge is 2.23. The number of benzene rings is 1. The standard InChI is InChI=1S/C18H22N10O3S/c1-27(2)14(19)10-32-9-12-15(22-26-28(12)17-16(20)24-31-25-17)18(29)23-21-8-11-6-4-5-7-13(11)30-3/h4-8,10H,9,19H2,1-3H3,(H2,20,24)(H,23,29)/b14-10+,21-8+. The Morgan fingerprint density at radius 2 is 2.16 bits per heavy atom. The summed E-state index contributed by atoms with van der Waals surface area (Å²) in [4.78, 5) is 14.5. The lowest BCUT2D eigenvalue weighted by molar-refractivity contribution is 0.0949. The third kappa shape index (κ3) is 5.15. The summed E-state index contributed by atoms with van der Waals surface area (Å²) in [6, 6.07) is 7.25. The molecule has 2 heterocycles. The van der Waals surface area contributed by atoms with Crippen molar-refractivity contribution in [3.05, 3.63) is 52.4 Å². The quantitative estimate of drug-likeness (QED) is 0.301. The smallest absolute Gasteiger partial charge is 0.293 e. The second-order valence-corrected chi connectivity index (χ2v) is 7.32. The Bertz CT molecular complexity index is 1140. The number of para-hydroxylation sites is 1. The molecule has 32 heavy (non-hydrogen) atoms. The molecule has 0 radical (unpaired) electrons. The first-order valence-corrected chi connectivity index (χ1v) is 10.2. The van der Waals surface area contributed by atoms with Gasteiger partial charge < -0.3 is 21.1 Å². The van der Waals surface area contributed by atoms with Crippen LogP contribution in [-0.4, -0.2) is 63.5 Å². The highest BCUT2D eigenvalue weighted by Crippen LogP contribution is 2.22. The molecular weight excluding hydrogens is 436 g/mol. The Morgan fingerprint density at radius 3 is 2.84 bits per heavy atom. The van der Waals surface area contributed by atoms with Crippen molar-refractivity contribution in [3.8, 4) is 11.6 Å². The Labute approximate surface area is 187 Å². The van der Waals surface area contributed by atoms with Gasteiger partial charge in [-0.1, -0.05) is 17.3 Å². The molecule has 3 rings (SSSR count). The van der Waals surface area contributed by atoms with E-state index in [-0.39, 0.29) is 23.1 Å². The molecule has 0 aliphatic rings. The molecule has 0 fully saturated rings. The van der Waals surface area contributed by atoms with Crippen LogP contribution in [0.5, 0.6) is 5.75 Å². The van der Waals surface area contributed by atoms with E-state index in [1.54, 1.807) is 29.6 Å². The molecule has 0 aliphatic heterocycles. The first-order valence-electron chi connectivity index (χ1n) is 9.16. The van der Waals surface area contributed by atoms with Crippen LogP contribution in [0, 0.1) is 0 Å². The number of hydrogen-bond acceptors (Lipinski definition) is 12. The molecule has 1 aromatic carbocycles. The van der Waals surface area contributed by atoms with Crippen LogP contribution in [0.4, 0.5) is 5.82 Å². The van der Waals surface area contributed by atoms with E-state index in [1.165, 1.54) is 22.7 Å². The van der Waals surface area contributed by atoms with Gasteiger partial charge in [-0.15, -0.1) is 16.9 Å². The van der Waals surface area contributed by atoms with Crippen molar-refractivity contribution in [1.29, 1.82) is 0 Å². The number of hydrogen-bond donors (Lipinski definition) is 3. The largest absolute Gasteiger partial charge is 0.496 e. The highest BCUT2D eigenvalue weighted by atomic mass is 32.2. The molecule has 168 valence electrons. The fourth-order valence-corrected chi connectivity index (χ4v) is 3.30. The number of nitrogen functional groups attached to an aromatic ring is 1. The van der Waals surface area contributed by atoms with Crippen molar-refractivity contribution in [1.82, 2.24) is 35.6 Å². The number of carbonyl (C=O) groups excluding carboxylic acids is 1. The molecule has 0 aliphatic carbocycles. The summed E-state index contributed by atoms with van der Waals surface area (Å²) in [7, 11) is 5.19. The second-order valence-electron chi connectivity index (χ2n) is 6.46. The molecule has 0 saturated heterocycles. The molecule has 0 unspecified atom stereocenters. The fraction of sp³-hybridized carbons (Fsp3) is 0.222. The van der Waals surface area contributed by atoms with Crippen molar-refractivity contribution in [2.75, 3.05) is 26.9 Å². The number of aromatic nitrogens is 5. The van der Waals surface area contributed by atoms with Crippen LogP contribution in [0.1, 0.15) is 21.7 Å². The van der Waals surface area contributed by atoms with Gasteiger partial charge in [0.25, 0.3) is 5.91 Å². The minimum Gasteiger partial charge on any atom is -0.496 e. The molecule has 0 atom stereocenters. The number of thioether (sulfide) groups is 1. The molecule has 5 N–H and O–H groups in total. The molecular formula is C18H22N10O3S. The van der Waals surface area contributed by atoms with Gasteiger partial charge in [0.05, 0.1) is 19.0 Å². The average Bonchev–Trinajstić information content (AvgIpc) is 3.39. The zero-order valence-electron chi connectivity index (χ0n) is 17.6. The maximum Gasteiger partial charge on any atom is 0.293 e. The monoisotopic (exact) mass is 458 g/mol. The Hall–Kier alpha value is -4.07. The van der Waals surface area contributed by atoms with E-state index in [0.29, 0.717) is 22.8 Å². The zero-order chi connectivity index (χ0) is 23.1. The number of hydrazone groups is 1. The average molecular weight is 459 g/mol. The molecule has 14 heteroatoms. The minimum atomic E-state index is -0.572. The first kappa shape index (κ1) is 22.6. The number of nitrogens with two attached hydrogens (primary N) is 2. The molecule has 2 aromatic heterocycles. The topological polar surface area (TPSA) is 176 Å². The maximum absolute atomic E-state index is 12.8. The highest BCUT2D eigenvalue weighted by molar-refractivity contribution is 8.01. The van der Waals surface area contributed by atoms with Gasteiger partial charge in [0.1, 0.15) is 11.6 Å². The van der Waals surface area contributed by atoms with Gasteiger partial charge in [0.2, 0.25) is 11.6 Å². The van der Waals surface area contributed by atoms with Crippen LogP contribution >= 0.6 is 11.8 Å². The number of amides is 1. The molecule has 0 spiro atoms. The van der Waals surface area contributed by atoms with Gasteiger partial charge in [-0.25, -0.2) is 10.1 Å². The number of nitrogens with one attached hydrogen (secondary N) is 1. The van der Waals surface area contributed by atoms with Crippen molar-refractivity contribution in [2.45, 2.75) is 5.75 Å². The summed E-state index contributed by atoms with van der Waals surface area (Å²) >= 11 is 1.34. The van der Waals surface area contributed by atoms with E-state index < -0.39 is 5.91 Å². The lowest BCUT2D eigenvalue weighted by Gasteiger charge is -2.11. The molecule has 3 aromatic rings. The van der Waals surface area contributed by atoms with E-state index in [9.17, 15) is 4.79 Å². The molecule has 13 nitrogen and oxygen atoms in total. The van der Waals surface area contributed by atoms with Crippen molar-refractivity contribution >= 4 is 29.7 Å². The van der Waals surface area contributed by atoms with E-state index in [2.05, 4.69) is 35.8 Å². The number of anilines is 1. The number of nitrogens with zero attached hydrogens (tertiary/aromatic N) is 7. The summed E-state index contributed by atoms with van der Waals surface area (Å²) in [6.45, 7) is 0. The van der Waals surface area contributed by atoms with E-state index >= 15 is 0 Å². The maximum atomic E-state index is 12.8. The Morgan fingerprint density at radius 1 is 1.38 bits per heavy atom. The summed E-state index contributed by atoms with van der Waals surface area (Å²) < 4.78 is 11.2. The van der Waals surface area contributed by atoms with Gasteiger partial charge in [-0.2, -0.15) is 9.78 Å². The van der Waals surface area contributed by atoms with E-state index in [4.69, 9.17) is 16.2 Å². The van der Waals surface area contributed by atoms with Crippen LogP contribution in [0.15, 0.2) is 45.2 Å². The number of ether oxygens (including phenoxy) is 1. The summed E-state index contributed by atoms with van der Waals surface area (Å²) in [5.74, 6) is 1.00. The van der Waals surface area contributed by atoms with Gasteiger partial charge in [0.15, 0.2) is 5.69 Å². The Kier molecular flexibility index (Phi) is 7.28. The van der Waals surface area contributed by atoms with Crippen LogP contribution in [0.25, 0.3) is 5.82 Å². The number of rotatable bonds is 9. The Balaban J connectivity index is 1.84. The number of methoxy groups -OCH3 is 1. The first-order chi connectivity index (χ1) is 15.4. The number of carbonyl (C=O) groups is 1. The van der Waals surface area contributed by atoms with E-state index in [1.807, 2.05) is 26.2 Å². The van der Waals surface area contributed by atoms with Gasteiger partial charge in [-0.3, -0.25) is 4.79 Å². The van der Waals surface area contributed by atoms with Crippen LogP contribution in [0.2, 0.25) is 0 Å². The lowest BCUT2D eigenvalue weighted by atomic mass is 10.2. The second kappa shape index (κ2) is 10.3. The molecule has 0 bridgehead atoms. The van der Waals surface area contributed by atoms with Gasteiger partial charge in [-0.05, 0) is 22.4 Å². The van der Waals surface area contributed by atoms with Crippen LogP contribution in [0.3, 0.4) is 0 Å². The predicted molar refractivity (Wildman–Crippen MR) is 119 cm³/mol. The SMILES string of the molecule is COc1ccccc1/C=N/NC(=O)c1nnn(-c2nonc2N)c1CS/C=C(\N)N(C)C.